The Morgan fingerprint density at radius 1 is 1.28 bits per heavy atom. The second-order valence-corrected chi connectivity index (χ2v) is 5.94. The van der Waals surface area contributed by atoms with Gasteiger partial charge in [-0.15, -0.1) is 0 Å². The Labute approximate surface area is 144 Å². The maximum atomic E-state index is 12.3. The molecule has 0 unspecified atom stereocenters. The summed E-state index contributed by atoms with van der Waals surface area (Å²) < 4.78 is 0. The van der Waals surface area contributed by atoms with Crippen molar-refractivity contribution in [2.24, 2.45) is 0 Å². The van der Waals surface area contributed by atoms with E-state index in [-0.39, 0.29) is 18.2 Å². The van der Waals surface area contributed by atoms with E-state index in [0.29, 0.717) is 38.2 Å². The van der Waals surface area contributed by atoms with E-state index in [0.717, 1.165) is 5.82 Å². The number of urea groups is 1. The fourth-order valence-corrected chi connectivity index (χ4v) is 2.91. The number of carbonyl (C=O) groups excluding carboxylic acids is 3. The molecule has 2 aliphatic heterocycles. The van der Waals surface area contributed by atoms with Crippen molar-refractivity contribution in [1.29, 1.82) is 5.26 Å². The summed E-state index contributed by atoms with van der Waals surface area (Å²) in [5.41, 5.74) is 0.514. The number of nitrogens with zero attached hydrogens (tertiary/aromatic N) is 4. The van der Waals surface area contributed by atoms with Crippen LogP contribution < -0.4 is 15.5 Å². The lowest BCUT2D eigenvalue weighted by molar-refractivity contribution is -0.131. The highest BCUT2D eigenvalue weighted by atomic mass is 16.2. The molecule has 4 amide bonds. The first kappa shape index (κ1) is 16.7. The van der Waals surface area contributed by atoms with E-state index < -0.39 is 12.1 Å². The van der Waals surface area contributed by atoms with Crippen LogP contribution in [-0.4, -0.2) is 60.0 Å². The molecule has 0 bridgehead atoms. The predicted molar refractivity (Wildman–Crippen MR) is 87.4 cm³/mol. The Morgan fingerprint density at radius 2 is 2.04 bits per heavy atom. The standard InChI is InChI=1S/C16H18N6O3/c17-9-11-1-3-13(18-10-11)21-5-7-22(8-6-21)14(23)4-2-12-15(24)20-16(25)19-12/h1,3,10,12H,2,4-8H2,(H2,19,20,24,25)/t12-/m0/s1. The first-order chi connectivity index (χ1) is 12.1. The highest BCUT2D eigenvalue weighted by molar-refractivity contribution is 6.04. The molecule has 2 fully saturated rings. The van der Waals surface area contributed by atoms with E-state index >= 15 is 0 Å². The van der Waals surface area contributed by atoms with Crippen LogP contribution in [0.1, 0.15) is 18.4 Å². The summed E-state index contributed by atoms with van der Waals surface area (Å²) in [6, 6.07) is 4.43. The minimum Gasteiger partial charge on any atom is -0.353 e. The number of amides is 4. The number of nitrogens with one attached hydrogen (secondary N) is 2. The number of aromatic nitrogens is 1. The van der Waals surface area contributed by atoms with Crippen LogP contribution in [0, 0.1) is 11.3 Å². The molecule has 2 N–H and O–H groups in total. The Morgan fingerprint density at radius 3 is 2.60 bits per heavy atom. The maximum absolute atomic E-state index is 12.3. The molecule has 2 saturated heterocycles. The lowest BCUT2D eigenvalue weighted by atomic mass is 10.1. The molecule has 1 aromatic heterocycles. The highest BCUT2D eigenvalue weighted by Crippen LogP contribution is 2.15. The molecule has 130 valence electrons. The van der Waals surface area contributed by atoms with Gasteiger partial charge in [0.1, 0.15) is 17.9 Å². The van der Waals surface area contributed by atoms with E-state index in [1.807, 2.05) is 6.07 Å². The molecule has 1 atom stereocenters. The van der Waals surface area contributed by atoms with Gasteiger partial charge in [-0.05, 0) is 18.6 Å². The summed E-state index contributed by atoms with van der Waals surface area (Å²) in [6.07, 6.45) is 2.05. The van der Waals surface area contributed by atoms with Gasteiger partial charge in [0.15, 0.2) is 0 Å². The first-order valence-electron chi connectivity index (χ1n) is 8.07. The molecule has 0 aliphatic carbocycles. The second-order valence-electron chi connectivity index (χ2n) is 5.94. The number of hydrogen-bond donors (Lipinski definition) is 2. The summed E-state index contributed by atoms with van der Waals surface area (Å²) >= 11 is 0. The van der Waals surface area contributed by atoms with Crippen molar-refractivity contribution in [3.63, 3.8) is 0 Å². The molecular formula is C16H18N6O3. The van der Waals surface area contributed by atoms with Gasteiger partial charge in [0, 0.05) is 38.8 Å². The van der Waals surface area contributed by atoms with Gasteiger partial charge in [-0.25, -0.2) is 9.78 Å². The Kier molecular flexibility index (Phi) is 4.79. The minimum absolute atomic E-state index is 0.0265. The molecule has 0 saturated carbocycles. The molecule has 0 radical (unpaired) electrons. The molecular weight excluding hydrogens is 324 g/mol. The van der Waals surface area contributed by atoms with Crippen molar-refractivity contribution in [1.82, 2.24) is 20.5 Å². The number of imide groups is 1. The van der Waals surface area contributed by atoms with Gasteiger partial charge in [0.05, 0.1) is 5.56 Å². The van der Waals surface area contributed by atoms with Crippen LogP contribution in [0.25, 0.3) is 0 Å². The summed E-state index contributed by atoms with van der Waals surface area (Å²) in [4.78, 5) is 42.9. The van der Waals surface area contributed by atoms with Gasteiger partial charge < -0.3 is 15.1 Å². The minimum atomic E-state index is -0.624. The third kappa shape index (κ3) is 3.85. The Hall–Kier alpha value is -3.15. The SMILES string of the molecule is N#Cc1ccc(N2CCN(C(=O)CC[C@@H]3NC(=O)NC3=O)CC2)nc1. The van der Waals surface area contributed by atoms with Crippen LogP contribution in [-0.2, 0) is 9.59 Å². The van der Waals surface area contributed by atoms with Gasteiger partial charge in [-0.1, -0.05) is 0 Å². The Bertz CT molecular complexity index is 718. The molecule has 9 heteroatoms. The number of pyridine rings is 1. The van der Waals surface area contributed by atoms with Crippen molar-refractivity contribution >= 4 is 23.7 Å². The summed E-state index contributed by atoms with van der Waals surface area (Å²) in [7, 11) is 0. The number of rotatable bonds is 4. The van der Waals surface area contributed by atoms with Crippen LogP contribution >= 0.6 is 0 Å². The van der Waals surface area contributed by atoms with Crippen molar-refractivity contribution < 1.29 is 14.4 Å². The molecule has 1 aromatic rings. The monoisotopic (exact) mass is 342 g/mol. The predicted octanol–water partition coefficient (Wildman–Crippen LogP) is -0.410. The van der Waals surface area contributed by atoms with E-state index in [9.17, 15) is 14.4 Å². The zero-order chi connectivity index (χ0) is 17.8. The fourth-order valence-electron chi connectivity index (χ4n) is 2.91. The van der Waals surface area contributed by atoms with Gasteiger partial charge in [0.25, 0.3) is 5.91 Å². The van der Waals surface area contributed by atoms with Crippen molar-refractivity contribution in [3.8, 4) is 6.07 Å². The molecule has 3 rings (SSSR count). The molecule has 2 aliphatic rings. The Balaban J connectivity index is 1.46. The summed E-state index contributed by atoms with van der Waals surface area (Å²) in [6.45, 7) is 2.46. The van der Waals surface area contributed by atoms with Crippen molar-refractivity contribution in [2.75, 3.05) is 31.1 Å². The summed E-state index contributed by atoms with van der Waals surface area (Å²) in [5, 5.41) is 13.4. The zero-order valence-electron chi connectivity index (χ0n) is 13.6. The second kappa shape index (κ2) is 7.17. The maximum Gasteiger partial charge on any atom is 0.322 e. The summed E-state index contributed by atoms with van der Waals surface area (Å²) in [5.74, 6) is 0.382. The number of nitriles is 1. The van der Waals surface area contributed by atoms with E-state index in [1.165, 1.54) is 6.20 Å². The number of hydrogen-bond acceptors (Lipinski definition) is 6. The normalized spacial score (nSPS) is 20.0. The lowest BCUT2D eigenvalue weighted by Crippen LogP contribution is -2.49. The molecule has 9 nitrogen and oxygen atoms in total. The quantitative estimate of drug-likeness (QED) is 0.718. The van der Waals surface area contributed by atoms with Gasteiger partial charge >= 0.3 is 6.03 Å². The van der Waals surface area contributed by atoms with Crippen LogP contribution in [0.15, 0.2) is 18.3 Å². The van der Waals surface area contributed by atoms with Crippen LogP contribution in [0.2, 0.25) is 0 Å². The van der Waals surface area contributed by atoms with Crippen LogP contribution in [0.3, 0.4) is 0 Å². The number of carbonyl (C=O) groups is 3. The van der Waals surface area contributed by atoms with Crippen molar-refractivity contribution in [2.45, 2.75) is 18.9 Å². The van der Waals surface area contributed by atoms with E-state index in [1.54, 1.807) is 17.0 Å². The van der Waals surface area contributed by atoms with E-state index in [2.05, 4.69) is 20.5 Å². The zero-order valence-corrected chi connectivity index (χ0v) is 13.6. The third-order valence-electron chi connectivity index (χ3n) is 4.34. The molecule has 0 aromatic carbocycles. The van der Waals surface area contributed by atoms with E-state index in [4.69, 9.17) is 5.26 Å². The fraction of sp³-hybridized carbons (Fsp3) is 0.438. The van der Waals surface area contributed by atoms with Crippen LogP contribution in [0.5, 0.6) is 0 Å². The average molecular weight is 342 g/mol. The topological polar surface area (TPSA) is 118 Å². The van der Waals surface area contributed by atoms with Gasteiger partial charge in [0.2, 0.25) is 5.91 Å². The number of piperazine rings is 1. The van der Waals surface area contributed by atoms with Gasteiger partial charge in [-0.3, -0.25) is 14.9 Å². The van der Waals surface area contributed by atoms with Crippen LogP contribution in [0.4, 0.5) is 10.6 Å². The average Bonchev–Trinajstić information content (AvgIpc) is 2.97. The smallest absolute Gasteiger partial charge is 0.322 e. The highest BCUT2D eigenvalue weighted by Gasteiger charge is 2.30. The van der Waals surface area contributed by atoms with Gasteiger partial charge in [-0.2, -0.15) is 5.26 Å². The molecule has 25 heavy (non-hydrogen) atoms. The van der Waals surface area contributed by atoms with Crippen molar-refractivity contribution in [3.05, 3.63) is 23.9 Å². The number of anilines is 1. The third-order valence-corrected chi connectivity index (χ3v) is 4.34. The molecule has 0 spiro atoms. The first-order valence-corrected chi connectivity index (χ1v) is 8.07. The lowest BCUT2D eigenvalue weighted by Gasteiger charge is -2.35. The molecule has 3 heterocycles. The largest absolute Gasteiger partial charge is 0.353 e.